The second kappa shape index (κ2) is 8.39. The topological polar surface area (TPSA) is 71.0 Å². The summed E-state index contributed by atoms with van der Waals surface area (Å²) >= 11 is 0. The van der Waals surface area contributed by atoms with Gasteiger partial charge in [-0.25, -0.2) is 0 Å². The third kappa shape index (κ3) is 5.07. The van der Waals surface area contributed by atoms with Gasteiger partial charge in [-0.3, -0.25) is 4.79 Å². The third-order valence-electron chi connectivity index (χ3n) is 2.72. The van der Waals surface area contributed by atoms with E-state index < -0.39 is 6.04 Å². The van der Waals surface area contributed by atoms with Crippen LogP contribution in [0.3, 0.4) is 0 Å². The lowest BCUT2D eigenvalue weighted by Gasteiger charge is -2.21. The summed E-state index contributed by atoms with van der Waals surface area (Å²) in [5.74, 6) is 1.32. The molecule has 0 heterocycles. The first-order valence-corrected chi connectivity index (χ1v) is 6.40. The van der Waals surface area contributed by atoms with Crippen molar-refractivity contribution in [2.24, 2.45) is 0 Å². The Bertz CT molecular complexity index is 406. The van der Waals surface area contributed by atoms with E-state index in [0.717, 1.165) is 5.75 Å². The molecule has 0 saturated carbocycles. The molecular weight excluding hydrogens is 260 g/mol. The number of hydrogen-bond donors (Lipinski definition) is 2. The fraction of sp³-hybridized carbons (Fsp3) is 0.500. The summed E-state index contributed by atoms with van der Waals surface area (Å²) in [5.41, 5.74) is 0. The molecule has 6 nitrogen and oxygen atoms in total. The predicted octanol–water partition coefficient (Wildman–Crippen LogP) is 0.113. The molecule has 1 aromatic rings. The van der Waals surface area contributed by atoms with E-state index in [2.05, 4.69) is 5.32 Å². The van der Waals surface area contributed by atoms with Gasteiger partial charge in [0.2, 0.25) is 5.91 Å². The Morgan fingerprint density at radius 3 is 2.40 bits per heavy atom. The predicted molar refractivity (Wildman–Crippen MR) is 76.1 cm³/mol. The van der Waals surface area contributed by atoms with E-state index in [9.17, 15) is 4.79 Å². The molecule has 1 atom stereocenters. The maximum absolute atomic E-state index is 12.0. The van der Waals surface area contributed by atoms with Crippen molar-refractivity contribution in [2.45, 2.75) is 6.04 Å². The second-order valence-electron chi connectivity index (χ2n) is 4.45. The summed E-state index contributed by atoms with van der Waals surface area (Å²) in [6.07, 6.45) is 0. The molecule has 1 rings (SSSR count). The fourth-order valence-corrected chi connectivity index (χ4v) is 1.62. The minimum absolute atomic E-state index is 0.0280. The number of hydrogen-bond acceptors (Lipinski definition) is 5. The van der Waals surface area contributed by atoms with Gasteiger partial charge >= 0.3 is 0 Å². The van der Waals surface area contributed by atoms with E-state index in [1.807, 2.05) is 0 Å². The molecule has 0 spiro atoms. The first-order valence-electron chi connectivity index (χ1n) is 6.40. The van der Waals surface area contributed by atoms with Crippen LogP contribution in [0.1, 0.15) is 0 Å². The number of aliphatic hydroxyl groups excluding tert-OH is 1. The lowest BCUT2D eigenvalue weighted by molar-refractivity contribution is -0.131. The van der Waals surface area contributed by atoms with Gasteiger partial charge in [-0.05, 0) is 24.3 Å². The Morgan fingerprint density at radius 2 is 1.90 bits per heavy atom. The number of ether oxygens (including phenoxy) is 2. The van der Waals surface area contributed by atoms with Crippen LogP contribution in [0.2, 0.25) is 0 Å². The first-order chi connectivity index (χ1) is 9.58. The minimum atomic E-state index is -0.487. The first kappa shape index (κ1) is 16.3. The Kier molecular flexibility index (Phi) is 6.83. The minimum Gasteiger partial charge on any atom is -0.497 e. The van der Waals surface area contributed by atoms with Crippen molar-refractivity contribution in [3.8, 4) is 11.5 Å². The van der Waals surface area contributed by atoms with E-state index in [1.54, 1.807) is 45.5 Å². The average Bonchev–Trinajstić information content (AvgIpc) is 2.47. The van der Waals surface area contributed by atoms with Crippen molar-refractivity contribution in [2.75, 3.05) is 41.0 Å². The normalized spacial score (nSPS) is 11.8. The molecule has 1 unspecified atom stereocenters. The Labute approximate surface area is 119 Å². The standard InChI is InChI=1S/C14H22N2O4/c1-16(2)14(18)13(15-8-9-17)10-20-12-6-4-11(19-3)5-7-12/h4-7,13,15,17H,8-10H2,1-3H3. The van der Waals surface area contributed by atoms with E-state index in [1.165, 1.54) is 4.90 Å². The van der Waals surface area contributed by atoms with Gasteiger partial charge in [0.05, 0.1) is 13.7 Å². The molecule has 0 aliphatic heterocycles. The number of benzene rings is 1. The molecule has 0 saturated heterocycles. The van der Waals surface area contributed by atoms with Crippen molar-refractivity contribution in [3.05, 3.63) is 24.3 Å². The summed E-state index contributed by atoms with van der Waals surface area (Å²) in [6.45, 7) is 0.513. The summed E-state index contributed by atoms with van der Waals surface area (Å²) in [7, 11) is 4.97. The van der Waals surface area contributed by atoms with Crippen LogP contribution >= 0.6 is 0 Å². The molecule has 1 aromatic carbocycles. The Hall–Kier alpha value is -1.79. The molecule has 0 bridgehead atoms. The van der Waals surface area contributed by atoms with Gasteiger partial charge in [0.15, 0.2) is 0 Å². The van der Waals surface area contributed by atoms with E-state index >= 15 is 0 Å². The molecule has 112 valence electrons. The van der Waals surface area contributed by atoms with Crippen LogP contribution in [0.5, 0.6) is 11.5 Å². The van der Waals surface area contributed by atoms with Crippen LogP contribution in [0, 0.1) is 0 Å². The van der Waals surface area contributed by atoms with Gasteiger partial charge in [0.25, 0.3) is 0 Å². The second-order valence-corrected chi connectivity index (χ2v) is 4.45. The summed E-state index contributed by atoms with van der Waals surface area (Å²) in [4.78, 5) is 13.4. The van der Waals surface area contributed by atoms with Crippen LogP contribution in [0.25, 0.3) is 0 Å². The molecule has 2 N–H and O–H groups in total. The highest BCUT2D eigenvalue weighted by molar-refractivity contribution is 5.81. The molecule has 6 heteroatoms. The monoisotopic (exact) mass is 282 g/mol. The van der Waals surface area contributed by atoms with Crippen molar-refractivity contribution in [1.29, 1.82) is 0 Å². The average molecular weight is 282 g/mol. The maximum Gasteiger partial charge on any atom is 0.242 e. The highest BCUT2D eigenvalue weighted by Crippen LogP contribution is 2.17. The zero-order chi connectivity index (χ0) is 15.0. The zero-order valence-corrected chi connectivity index (χ0v) is 12.1. The van der Waals surface area contributed by atoms with Gasteiger partial charge in [-0.2, -0.15) is 0 Å². The van der Waals surface area contributed by atoms with Crippen LogP contribution < -0.4 is 14.8 Å². The largest absolute Gasteiger partial charge is 0.497 e. The van der Waals surface area contributed by atoms with E-state index in [-0.39, 0.29) is 19.1 Å². The van der Waals surface area contributed by atoms with Gasteiger partial charge in [0.1, 0.15) is 24.1 Å². The van der Waals surface area contributed by atoms with Crippen molar-refractivity contribution >= 4 is 5.91 Å². The Balaban J connectivity index is 2.57. The quantitative estimate of drug-likeness (QED) is 0.708. The number of carbonyl (C=O) groups is 1. The van der Waals surface area contributed by atoms with E-state index in [4.69, 9.17) is 14.6 Å². The zero-order valence-electron chi connectivity index (χ0n) is 12.1. The highest BCUT2D eigenvalue weighted by atomic mass is 16.5. The van der Waals surface area contributed by atoms with Crippen molar-refractivity contribution in [3.63, 3.8) is 0 Å². The number of methoxy groups -OCH3 is 1. The van der Waals surface area contributed by atoms with Gasteiger partial charge in [-0.1, -0.05) is 0 Å². The molecule has 0 aliphatic rings. The lowest BCUT2D eigenvalue weighted by atomic mass is 10.2. The Morgan fingerprint density at radius 1 is 1.30 bits per heavy atom. The van der Waals surface area contributed by atoms with Crippen LogP contribution in [0.4, 0.5) is 0 Å². The summed E-state index contributed by atoms with van der Waals surface area (Å²) in [6, 6.07) is 6.65. The summed E-state index contributed by atoms with van der Waals surface area (Å²) in [5, 5.41) is 11.8. The van der Waals surface area contributed by atoms with Crippen molar-refractivity contribution < 1.29 is 19.4 Å². The SMILES string of the molecule is COc1ccc(OCC(NCCO)C(=O)N(C)C)cc1. The van der Waals surface area contributed by atoms with Crippen LogP contribution in [-0.2, 0) is 4.79 Å². The van der Waals surface area contributed by atoms with Crippen LogP contribution in [-0.4, -0.2) is 62.9 Å². The molecule has 20 heavy (non-hydrogen) atoms. The fourth-order valence-electron chi connectivity index (χ4n) is 1.62. The summed E-state index contributed by atoms with van der Waals surface area (Å²) < 4.78 is 10.6. The van der Waals surface area contributed by atoms with Crippen LogP contribution in [0.15, 0.2) is 24.3 Å². The number of nitrogens with one attached hydrogen (secondary N) is 1. The molecule has 0 aromatic heterocycles. The van der Waals surface area contributed by atoms with E-state index in [0.29, 0.717) is 12.3 Å². The number of aliphatic hydroxyl groups is 1. The number of likely N-dealkylation sites (N-methyl/N-ethyl adjacent to an activating group) is 1. The molecule has 0 aliphatic carbocycles. The van der Waals surface area contributed by atoms with Crippen molar-refractivity contribution in [1.82, 2.24) is 10.2 Å². The molecule has 1 amide bonds. The maximum atomic E-state index is 12.0. The van der Waals surface area contributed by atoms with Gasteiger partial charge in [0, 0.05) is 20.6 Å². The molecule has 0 radical (unpaired) electrons. The van der Waals surface area contributed by atoms with Gasteiger partial charge < -0.3 is 24.8 Å². The van der Waals surface area contributed by atoms with Gasteiger partial charge in [-0.15, -0.1) is 0 Å². The lowest BCUT2D eigenvalue weighted by Crippen LogP contribution is -2.48. The number of carbonyl (C=O) groups excluding carboxylic acids is 1. The third-order valence-corrected chi connectivity index (χ3v) is 2.72. The number of rotatable bonds is 8. The molecule has 0 fully saturated rings. The number of nitrogens with zero attached hydrogens (tertiary/aromatic N) is 1. The highest BCUT2D eigenvalue weighted by Gasteiger charge is 2.20. The molecular formula is C14H22N2O4. The number of amides is 1. The smallest absolute Gasteiger partial charge is 0.242 e.